The molecule has 4 heterocycles. The minimum atomic E-state index is -1.08. The molecule has 170 valence electrons. The highest BCUT2D eigenvalue weighted by Gasteiger charge is 2.34. The Morgan fingerprint density at radius 3 is 2.48 bits per heavy atom. The molecule has 1 aliphatic heterocycles. The number of esters is 1. The lowest BCUT2D eigenvalue weighted by atomic mass is 10.0. The van der Waals surface area contributed by atoms with Crippen LogP contribution in [0.2, 0.25) is 0 Å². The van der Waals surface area contributed by atoms with Gasteiger partial charge in [-0.05, 0) is 26.0 Å². The fraction of sp³-hybridized carbons (Fsp3) is 0.211. The molecule has 3 aromatic heterocycles. The smallest absolute Gasteiger partial charge is 0.433 e. The molecule has 1 aliphatic rings. The molecule has 33 heavy (non-hydrogen) atoms. The summed E-state index contributed by atoms with van der Waals surface area (Å²) < 4.78 is 16.8. The number of rotatable bonds is 6. The second-order valence-electron chi connectivity index (χ2n) is 6.65. The molecular formula is C19H14N4O9S. The first-order valence-corrected chi connectivity index (χ1v) is 10.2. The van der Waals surface area contributed by atoms with Crippen LogP contribution in [0, 0.1) is 20.2 Å². The van der Waals surface area contributed by atoms with Crippen molar-refractivity contribution in [3.05, 3.63) is 81.3 Å². The van der Waals surface area contributed by atoms with Gasteiger partial charge in [-0.3, -0.25) is 29.6 Å². The SMILES string of the molecule is CCOC(=O)C1=C(C)n2c(s/c(=C/c3ccc([N+](=O)[O-])o3)c2=O)=N[C@H]1c1ccc([N+](=O)[O-])o1. The molecule has 0 aromatic carbocycles. The Bertz CT molecular complexity index is 1500. The summed E-state index contributed by atoms with van der Waals surface area (Å²) in [5, 5.41) is 21.8. The Balaban J connectivity index is 1.91. The molecule has 0 N–H and O–H groups in total. The van der Waals surface area contributed by atoms with Crippen LogP contribution in [0.5, 0.6) is 0 Å². The Labute approximate surface area is 186 Å². The Hall–Kier alpha value is -4.33. The van der Waals surface area contributed by atoms with Crippen LogP contribution in [0.15, 0.2) is 48.5 Å². The van der Waals surface area contributed by atoms with Crippen LogP contribution in [0.1, 0.15) is 31.4 Å². The van der Waals surface area contributed by atoms with Crippen LogP contribution in [-0.2, 0) is 9.53 Å². The summed E-state index contributed by atoms with van der Waals surface area (Å²) in [6.45, 7) is 3.19. The van der Waals surface area contributed by atoms with Gasteiger partial charge in [0, 0.05) is 11.8 Å². The standard InChI is InChI=1S/C19H14N4O9S/c1-3-30-18(25)15-9(2)21-17(24)12(8-10-4-6-13(31-10)22(26)27)33-19(21)20-16(15)11-5-7-14(32-11)23(28)29/h4-8,16H,3H2,1-2H3/b12-8+/t16-/m0/s1. The first-order chi connectivity index (χ1) is 15.7. The molecule has 0 saturated carbocycles. The van der Waals surface area contributed by atoms with E-state index >= 15 is 0 Å². The van der Waals surface area contributed by atoms with Crippen molar-refractivity contribution in [2.45, 2.75) is 19.9 Å². The van der Waals surface area contributed by atoms with Crippen LogP contribution < -0.4 is 14.9 Å². The van der Waals surface area contributed by atoms with Gasteiger partial charge in [-0.25, -0.2) is 9.79 Å². The largest absolute Gasteiger partial charge is 0.463 e. The number of thiazole rings is 1. The third-order valence-electron chi connectivity index (χ3n) is 4.67. The lowest BCUT2D eigenvalue weighted by Gasteiger charge is -2.20. The minimum absolute atomic E-state index is 0.00585. The lowest BCUT2D eigenvalue weighted by Crippen LogP contribution is -2.35. The average Bonchev–Trinajstić information content (AvgIpc) is 3.48. The van der Waals surface area contributed by atoms with Gasteiger partial charge in [0.2, 0.25) is 0 Å². The maximum Gasteiger partial charge on any atom is 0.433 e. The van der Waals surface area contributed by atoms with Gasteiger partial charge in [0.1, 0.15) is 31.9 Å². The van der Waals surface area contributed by atoms with E-state index in [0.29, 0.717) is 0 Å². The van der Waals surface area contributed by atoms with Crippen molar-refractivity contribution in [1.82, 2.24) is 4.57 Å². The number of carbonyl (C=O) groups excluding carboxylic acids is 1. The highest BCUT2D eigenvalue weighted by atomic mass is 32.1. The molecule has 3 aromatic rings. The number of nitrogens with zero attached hydrogens (tertiary/aromatic N) is 4. The lowest BCUT2D eigenvalue weighted by molar-refractivity contribution is -0.402. The zero-order valence-corrected chi connectivity index (χ0v) is 17.9. The Morgan fingerprint density at radius 1 is 1.21 bits per heavy atom. The van der Waals surface area contributed by atoms with Gasteiger partial charge in [0.25, 0.3) is 5.56 Å². The number of carbonyl (C=O) groups is 1. The highest BCUT2D eigenvalue weighted by molar-refractivity contribution is 7.07. The van der Waals surface area contributed by atoms with Crippen molar-refractivity contribution in [2.75, 3.05) is 6.61 Å². The molecule has 0 unspecified atom stereocenters. The van der Waals surface area contributed by atoms with Crippen molar-refractivity contribution in [2.24, 2.45) is 4.99 Å². The summed E-state index contributed by atoms with van der Waals surface area (Å²) in [5.41, 5.74) is -0.316. The monoisotopic (exact) mass is 474 g/mol. The molecule has 14 heteroatoms. The van der Waals surface area contributed by atoms with E-state index in [4.69, 9.17) is 13.6 Å². The van der Waals surface area contributed by atoms with Gasteiger partial charge in [-0.1, -0.05) is 11.3 Å². The minimum Gasteiger partial charge on any atom is -0.463 e. The van der Waals surface area contributed by atoms with Gasteiger partial charge in [0.05, 0.1) is 24.3 Å². The number of furan rings is 2. The number of nitro groups is 2. The van der Waals surface area contributed by atoms with Gasteiger partial charge in [-0.2, -0.15) is 0 Å². The van der Waals surface area contributed by atoms with E-state index in [-0.39, 0.29) is 38.7 Å². The fourth-order valence-corrected chi connectivity index (χ4v) is 4.28. The van der Waals surface area contributed by atoms with Crippen molar-refractivity contribution in [1.29, 1.82) is 0 Å². The summed E-state index contributed by atoms with van der Waals surface area (Å²) in [6.07, 6.45) is 1.32. The molecule has 0 spiro atoms. The van der Waals surface area contributed by atoms with Gasteiger partial charge in [-0.15, -0.1) is 0 Å². The van der Waals surface area contributed by atoms with Crippen LogP contribution in [-0.4, -0.2) is 27.0 Å². The van der Waals surface area contributed by atoms with Crippen molar-refractivity contribution in [3.8, 4) is 0 Å². The normalized spacial score (nSPS) is 15.8. The first kappa shape index (κ1) is 21.9. The summed E-state index contributed by atoms with van der Waals surface area (Å²) in [4.78, 5) is 50.8. The number of hydrogen-bond acceptors (Lipinski definition) is 11. The van der Waals surface area contributed by atoms with Crippen LogP contribution >= 0.6 is 11.3 Å². The molecular weight excluding hydrogens is 460 g/mol. The van der Waals surface area contributed by atoms with E-state index in [1.54, 1.807) is 6.92 Å². The molecule has 13 nitrogen and oxygen atoms in total. The predicted octanol–water partition coefficient (Wildman–Crippen LogP) is 1.91. The number of aromatic nitrogens is 1. The van der Waals surface area contributed by atoms with Crippen LogP contribution in [0.25, 0.3) is 11.8 Å². The van der Waals surface area contributed by atoms with E-state index in [9.17, 15) is 29.8 Å². The molecule has 0 bridgehead atoms. The predicted molar refractivity (Wildman–Crippen MR) is 112 cm³/mol. The quantitative estimate of drug-likeness (QED) is 0.294. The number of ether oxygens (including phenoxy) is 1. The third-order valence-corrected chi connectivity index (χ3v) is 5.65. The third kappa shape index (κ3) is 3.87. The molecule has 0 aliphatic carbocycles. The number of hydrogen-bond donors (Lipinski definition) is 0. The Kier molecular flexibility index (Phi) is 5.51. The summed E-state index contributed by atoms with van der Waals surface area (Å²) in [7, 11) is 0. The summed E-state index contributed by atoms with van der Waals surface area (Å²) >= 11 is 0.953. The van der Waals surface area contributed by atoms with Crippen molar-refractivity contribution < 1.29 is 28.2 Å². The van der Waals surface area contributed by atoms with E-state index in [2.05, 4.69) is 4.99 Å². The van der Waals surface area contributed by atoms with Crippen LogP contribution in [0.4, 0.5) is 11.8 Å². The molecule has 4 rings (SSSR count). The number of fused-ring (bicyclic) bond motifs is 1. The second kappa shape index (κ2) is 8.31. The topological polar surface area (TPSA) is 173 Å². The molecule has 0 saturated heterocycles. The maximum atomic E-state index is 13.0. The Morgan fingerprint density at radius 2 is 1.88 bits per heavy atom. The number of allylic oxidation sites excluding steroid dienone is 1. The first-order valence-electron chi connectivity index (χ1n) is 9.39. The summed E-state index contributed by atoms with van der Waals surface area (Å²) in [5.74, 6) is -1.64. The molecule has 0 radical (unpaired) electrons. The van der Waals surface area contributed by atoms with Crippen molar-refractivity contribution >= 4 is 40.8 Å². The van der Waals surface area contributed by atoms with Gasteiger partial charge < -0.3 is 13.6 Å². The fourth-order valence-electron chi connectivity index (χ4n) is 3.26. The molecule has 0 fully saturated rings. The second-order valence-corrected chi connectivity index (χ2v) is 7.66. The van der Waals surface area contributed by atoms with E-state index in [0.717, 1.165) is 23.5 Å². The average molecular weight is 474 g/mol. The van der Waals surface area contributed by atoms with Gasteiger partial charge >= 0.3 is 17.7 Å². The zero-order valence-electron chi connectivity index (χ0n) is 17.0. The van der Waals surface area contributed by atoms with E-state index < -0.39 is 39.2 Å². The zero-order chi connectivity index (χ0) is 23.9. The van der Waals surface area contributed by atoms with Crippen LogP contribution in [0.3, 0.4) is 0 Å². The summed E-state index contributed by atoms with van der Waals surface area (Å²) in [6, 6.07) is 3.89. The van der Waals surface area contributed by atoms with Crippen molar-refractivity contribution in [3.63, 3.8) is 0 Å². The van der Waals surface area contributed by atoms with Gasteiger partial charge in [0.15, 0.2) is 4.80 Å². The van der Waals surface area contributed by atoms with E-state index in [1.807, 2.05) is 0 Å². The van der Waals surface area contributed by atoms with E-state index in [1.165, 1.54) is 29.7 Å². The maximum absolute atomic E-state index is 13.0. The highest BCUT2D eigenvalue weighted by Crippen LogP contribution is 2.34. The molecule has 1 atom stereocenters. The molecule has 0 amide bonds.